The Hall–Kier alpha value is -3.39. The summed E-state index contributed by atoms with van der Waals surface area (Å²) in [6, 6.07) is 8.89. The number of rotatable bonds is 8. The van der Waals surface area contributed by atoms with E-state index in [1.54, 1.807) is 24.3 Å². The van der Waals surface area contributed by atoms with Crippen LogP contribution in [-0.2, 0) is 26.2 Å². The second-order valence-corrected chi connectivity index (χ2v) is 9.04. The van der Waals surface area contributed by atoms with Crippen LogP contribution in [0.2, 0.25) is 5.02 Å². The summed E-state index contributed by atoms with van der Waals surface area (Å²) in [7, 11) is 0. The molecule has 1 heterocycles. The number of carbonyl (C=O) groups excluding carboxylic acids is 2. The number of amides is 1. The van der Waals surface area contributed by atoms with Gasteiger partial charge in [-0.25, -0.2) is 4.79 Å². The van der Waals surface area contributed by atoms with Crippen LogP contribution in [0.5, 0.6) is 5.75 Å². The highest BCUT2D eigenvalue weighted by atomic mass is 35.5. The van der Waals surface area contributed by atoms with E-state index in [-0.39, 0.29) is 36.6 Å². The monoisotopic (exact) mass is 470 g/mol. The fourth-order valence-corrected chi connectivity index (χ4v) is 3.45. The maximum Gasteiger partial charge on any atom is 0.330 e. The van der Waals surface area contributed by atoms with Crippen LogP contribution in [-0.4, -0.2) is 45.1 Å². The zero-order valence-corrected chi connectivity index (χ0v) is 19.6. The Labute approximate surface area is 197 Å². The van der Waals surface area contributed by atoms with Gasteiger partial charge in [-0.2, -0.15) is 0 Å². The van der Waals surface area contributed by atoms with Crippen LogP contribution in [0.3, 0.4) is 0 Å². The molecule has 0 aliphatic heterocycles. The first-order valence-electron chi connectivity index (χ1n) is 10.5. The van der Waals surface area contributed by atoms with Crippen molar-refractivity contribution < 1.29 is 19.4 Å². The van der Waals surface area contributed by atoms with E-state index in [2.05, 4.69) is 22.1 Å². The van der Waals surface area contributed by atoms with Crippen LogP contribution >= 0.6 is 11.6 Å². The first-order valence-corrected chi connectivity index (χ1v) is 10.9. The molecule has 0 atom stereocenters. The lowest BCUT2D eigenvalue weighted by Gasteiger charge is -2.23. The van der Waals surface area contributed by atoms with Crippen molar-refractivity contribution in [1.29, 1.82) is 0 Å². The number of aryl methyl sites for hydroxylation is 1. The number of hydrogen-bond donors (Lipinski definition) is 2. The number of benzene rings is 2. The molecular weight excluding hydrogens is 444 g/mol. The van der Waals surface area contributed by atoms with Gasteiger partial charge in [-0.15, -0.1) is 15.0 Å². The van der Waals surface area contributed by atoms with Crippen molar-refractivity contribution in [3.05, 3.63) is 59.1 Å². The largest absolute Gasteiger partial charge is 0.505 e. The molecule has 8 nitrogen and oxygen atoms in total. The van der Waals surface area contributed by atoms with E-state index in [1.165, 1.54) is 4.80 Å². The number of carbonyl (C=O) groups is 2. The fraction of sp³-hybridized carbons (Fsp3) is 0.333. The van der Waals surface area contributed by atoms with Crippen LogP contribution in [0.25, 0.3) is 16.7 Å². The molecule has 0 saturated carbocycles. The lowest BCUT2D eigenvalue weighted by Crippen LogP contribution is -2.28. The van der Waals surface area contributed by atoms with Crippen LogP contribution in [0.15, 0.2) is 43.0 Å². The summed E-state index contributed by atoms with van der Waals surface area (Å²) in [5, 5.41) is 23.2. The number of nitrogens with zero attached hydrogens (tertiary/aromatic N) is 3. The van der Waals surface area contributed by atoms with E-state index < -0.39 is 5.97 Å². The molecule has 0 aliphatic rings. The molecule has 2 aromatic carbocycles. The summed E-state index contributed by atoms with van der Waals surface area (Å²) >= 11 is 6.06. The van der Waals surface area contributed by atoms with Crippen molar-refractivity contribution in [2.24, 2.45) is 0 Å². The van der Waals surface area contributed by atoms with E-state index in [9.17, 15) is 14.7 Å². The molecule has 0 aliphatic carbocycles. The van der Waals surface area contributed by atoms with Gasteiger partial charge in [-0.1, -0.05) is 45.0 Å². The van der Waals surface area contributed by atoms with Gasteiger partial charge in [-0.3, -0.25) is 4.79 Å². The molecule has 3 aromatic rings. The van der Waals surface area contributed by atoms with Gasteiger partial charge in [-0.05, 0) is 41.7 Å². The maximum atomic E-state index is 12.2. The minimum atomic E-state index is -0.530. The van der Waals surface area contributed by atoms with Gasteiger partial charge in [0.05, 0.1) is 6.54 Å². The number of nitrogens with one attached hydrogen (secondary N) is 1. The second kappa shape index (κ2) is 10.0. The smallest absolute Gasteiger partial charge is 0.330 e. The van der Waals surface area contributed by atoms with E-state index in [0.29, 0.717) is 28.2 Å². The van der Waals surface area contributed by atoms with Crippen LogP contribution in [0.4, 0.5) is 0 Å². The molecule has 0 unspecified atom stereocenters. The number of phenols is 1. The topological polar surface area (TPSA) is 106 Å². The molecule has 2 N–H and O–H groups in total. The highest BCUT2D eigenvalue weighted by Crippen LogP contribution is 2.36. The molecule has 0 radical (unpaired) electrons. The second-order valence-electron chi connectivity index (χ2n) is 8.61. The van der Waals surface area contributed by atoms with Crippen LogP contribution in [0, 0.1) is 0 Å². The number of fused-ring (bicyclic) bond motifs is 1. The molecule has 0 spiro atoms. The van der Waals surface area contributed by atoms with E-state index in [0.717, 1.165) is 17.2 Å². The van der Waals surface area contributed by atoms with Crippen molar-refractivity contribution >= 4 is 34.5 Å². The highest BCUT2D eigenvalue weighted by Gasteiger charge is 2.23. The summed E-state index contributed by atoms with van der Waals surface area (Å²) in [5.74, 6) is -0.613. The molecule has 33 heavy (non-hydrogen) atoms. The quantitative estimate of drug-likeness (QED) is 0.294. The highest BCUT2D eigenvalue weighted by molar-refractivity contribution is 6.31. The van der Waals surface area contributed by atoms with Gasteiger partial charge in [0.2, 0.25) is 5.91 Å². The zero-order chi connectivity index (χ0) is 24.2. The molecule has 0 saturated heterocycles. The van der Waals surface area contributed by atoms with Crippen LogP contribution in [0.1, 0.15) is 38.3 Å². The predicted molar refractivity (Wildman–Crippen MR) is 127 cm³/mol. The van der Waals surface area contributed by atoms with Gasteiger partial charge in [0.15, 0.2) is 0 Å². The van der Waals surface area contributed by atoms with Gasteiger partial charge >= 0.3 is 5.97 Å². The average Bonchev–Trinajstić information content (AvgIpc) is 3.17. The van der Waals surface area contributed by atoms with Crippen molar-refractivity contribution in [3.63, 3.8) is 0 Å². The molecule has 174 valence electrons. The Morgan fingerprint density at radius 1 is 1.21 bits per heavy atom. The number of halogens is 1. The van der Waals surface area contributed by atoms with Gasteiger partial charge in [0, 0.05) is 23.1 Å². The molecule has 3 rings (SSSR count). The summed E-state index contributed by atoms with van der Waals surface area (Å²) in [6.45, 7) is 9.62. The Morgan fingerprint density at radius 2 is 1.94 bits per heavy atom. The molecule has 0 bridgehead atoms. The summed E-state index contributed by atoms with van der Waals surface area (Å²) in [6.07, 6.45) is 1.75. The predicted octanol–water partition coefficient (Wildman–Crippen LogP) is 3.86. The third-order valence-corrected chi connectivity index (χ3v) is 5.23. The van der Waals surface area contributed by atoms with Crippen molar-refractivity contribution in [1.82, 2.24) is 20.3 Å². The Bertz CT molecular complexity index is 1200. The summed E-state index contributed by atoms with van der Waals surface area (Å²) in [5.41, 5.74) is 2.94. The summed E-state index contributed by atoms with van der Waals surface area (Å²) < 4.78 is 4.84. The number of esters is 1. The molecule has 1 aromatic heterocycles. The lowest BCUT2D eigenvalue weighted by molar-refractivity contribution is -0.138. The first kappa shape index (κ1) is 24.3. The SMILES string of the molecule is C=CC(=O)OCCNC(=O)CCc1cc(-n2nc3ccc(Cl)cc3n2)c(O)c(C(C)(C)C)c1. The fourth-order valence-electron chi connectivity index (χ4n) is 3.29. The molecule has 9 heteroatoms. The standard InChI is InChI=1S/C24H27ClN4O4/c1-5-22(31)33-11-10-26-21(30)9-6-15-12-17(24(2,3)4)23(32)20(13-15)29-27-18-8-7-16(25)14-19(18)28-29/h5,7-8,12-14,32H,1,6,9-11H2,2-4H3,(H,26,30). The van der Waals surface area contributed by atoms with Crippen LogP contribution < -0.4 is 5.32 Å². The van der Waals surface area contributed by atoms with Crippen molar-refractivity contribution in [2.45, 2.75) is 39.0 Å². The minimum Gasteiger partial charge on any atom is -0.505 e. The zero-order valence-electron chi connectivity index (χ0n) is 18.9. The minimum absolute atomic E-state index is 0.0800. The Balaban J connectivity index is 1.81. The Morgan fingerprint density at radius 3 is 2.64 bits per heavy atom. The average molecular weight is 471 g/mol. The Kier molecular flexibility index (Phi) is 7.38. The van der Waals surface area contributed by atoms with Crippen molar-refractivity contribution in [3.8, 4) is 11.4 Å². The number of aromatic hydroxyl groups is 1. The number of ether oxygens (including phenoxy) is 1. The van der Waals surface area contributed by atoms with Gasteiger partial charge in [0.1, 0.15) is 29.1 Å². The van der Waals surface area contributed by atoms with E-state index in [4.69, 9.17) is 16.3 Å². The molecule has 0 fully saturated rings. The van der Waals surface area contributed by atoms with E-state index in [1.807, 2.05) is 26.8 Å². The number of phenolic OH excluding ortho intramolecular Hbond substituents is 1. The van der Waals surface area contributed by atoms with Gasteiger partial charge < -0.3 is 15.2 Å². The number of aromatic nitrogens is 3. The first-order chi connectivity index (χ1) is 15.6. The molecule has 1 amide bonds. The lowest BCUT2D eigenvalue weighted by atomic mass is 9.84. The maximum absolute atomic E-state index is 12.2. The van der Waals surface area contributed by atoms with E-state index >= 15 is 0 Å². The normalized spacial score (nSPS) is 11.4. The van der Waals surface area contributed by atoms with Gasteiger partial charge in [0.25, 0.3) is 0 Å². The summed E-state index contributed by atoms with van der Waals surface area (Å²) in [4.78, 5) is 24.7. The van der Waals surface area contributed by atoms with Crippen molar-refractivity contribution in [2.75, 3.05) is 13.2 Å². The third kappa shape index (κ3) is 6.10. The molecular formula is C24H27ClN4O4. The number of hydrogen-bond acceptors (Lipinski definition) is 6. The third-order valence-electron chi connectivity index (χ3n) is 4.99.